The molecule has 168 valence electrons. The Morgan fingerprint density at radius 2 is 1.84 bits per heavy atom. The van der Waals surface area contributed by atoms with Gasteiger partial charge in [-0.1, -0.05) is 12.1 Å². The second-order valence-corrected chi connectivity index (χ2v) is 9.23. The molecular formula is C23H25FN4O3S. The van der Waals surface area contributed by atoms with E-state index in [2.05, 4.69) is 14.9 Å². The fraction of sp³-hybridized carbons (Fsp3) is 0.217. The van der Waals surface area contributed by atoms with E-state index in [-0.39, 0.29) is 11.7 Å². The summed E-state index contributed by atoms with van der Waals surface area (Å²) >= 11 is 0. The molecule has 7 nitrogen and oxygen atoms in total. The molecule has 1 amide bonds. The van der Waals surface area contributed by atoms with Crippen LogP contribution in [0.3, 0.4) is 0 Å². The Bertz CT molecular complexity index is 1190. The van der Waals surface area contributed by atoms with Crippen LogP contribution in [0.25, 0.3) is 17.3 Å². The highest BCUT2D eigenvalue weighted by Gasteiger charge is 2.08. The van der Waals surface area contributed by atoms with Gasteiger partial charge in [-0.15, -0.1) is 0 Å². The predicted molar refractivity (Wildman–Crippen MR) is 124 cm³/mol. The normalized spacial score (nSPS) is 11.6. The summed E-state index contributed by atoms with van der Waals surface area (Å²) < 4.78 is 37.9. The third-order valence-electron chi connectivity index (χ3n) is 4.72. The number of carbonyl (C=O) groups excluding carboxylic acids is 1. The van der Waals surface area contributed by atoms with Crippen molar-refractivity contribution in [2.75, 3.05) is 24.6 Å². The zero-order valence-corrected chi connectivity index (χ0v) is 18.7. The van der Waals surface area contributed by atoms with E-state index in [4.69, 9.17) is 0 Å². The van der Waals surface area contributed by atoms with Gasteiger partial charge in [0, 0.05) is 36.6 Å². The number of nitrogens with zero attached hydrogens (tertiary/aromatic N) is 2. The number of likely N-dealkylation sites (N-methyl/N-ethyl adjacent to an activating group) is 1. The number of hydrogen-bond acceptors (Lipinski definition) is 4. The number of halogens is 1. The van der Waals surface area contributed by atoms with Gasteiger partial charge in [0.15, 0.2) is 0 Å². The molecule has 0 unspecified atom stereocenters. The molecule has 3 aromatic rings. The maximum Gasteiger partial charge on any atom is 0.246 e. The first-order valence-corrected chi connectivity index (χ1v) is 11.9. The first kappa shape index (κ1) is 23.2. The van der Waals surface area contributed by atoms with Crippen LogP contribution in [0.1, 0.15) is 17.7 Å². The molecule has 0 radical (unpaired) electrons. The van der Waals surface area contributed by atoms with Crippen LogP contribution in [0.15, 0.2) is 60.7 Å². The number of rotatable bonds is 9. The van der Waals surface area contributed by atoms with Crippen molar-refractivity contribution in [2.45, 2.75) is 12.8 Å². The van der Waals surface area contributed by atoms with Crippen LogP contribution in [-0.2, 0) is 21.2 Å². The zero-order chi connectivity index (χ0) is 23.1. The Kier molecular flexibility index (Phi) is 7.42. The molecule has 0 saturated heterocycles. The Hall–Kier alpha value is -3.46. The number of amides is 1. The maximum absolute atomic E-state index is 13.0. The van der Waals surface area contributed by atoms with Crippen LogP contribution in [0.5, 0.6) is 0 Å². The number of benzene rings is 2. The van der Waals surface area contributed by atoms with E-state index >= 15 is 0 Å². The van der Waals surface area contributed by atoms with Crippen molar-refractivity contribution in [3.63, 3.8) is 0 Å². The van der Waals surface area contributed by atoms with Crippen LogP contribution in [-0.4, -0.2) is 49.3 Å². The van der Waals surface area contributed by atoms with E-state index in [1.807, 2.05) is 6.07 Å². The number of aromatic amines is 1. The summed E-state index contributed by atoms with van der Waals surface area (Å²) in [4.78, 5) is 14.0. The summed E-state index contributed by atoms with van der Waals surface area (Å²) in [6, 6.07) is 14.8. The Balaban J connectivity index is 1.46. The van der Waals surface area contributed by atoms with Crippen molar-refractivity contribution < 1.29 is 17.6 Å². The molecule has 0 fully saturated rings. The van der Waals surface area contributed by atoms with Gasteiger partial charge in [-0.2, -0.15) is 5.10 Å². The largest absolute Gasteiger partial charge is 0.342 e. The van der Waals surface area contributed by atoms with Crippen LogP contribution < -0.4 is 4.72 Å². The summed E-state index contributed by atoms with van der Waals surface area (Å²) in [7, 11) is -1.58. The van der Waals surface area contributed by atoms with Gasteiger partial charge in [-0.05, 0) is 66.9 Å². The maximum atomic E-state index is 13.0. The van der Waals surface area contributed by atoms with E-state index in [9.17, 15) is 17.6 Å². The van der Waals surface area contributed by atoms with E-state index in [0.29, 0.717) is 12.2 Å². The fourth-order valence-electron chi connectivity index (χ4n) is 3.05. The van der Waals surface area contributed by atoms with Crippen molar-refractivity contribution in [3.8, 4) is 11.3 Å². The van der Waals surface area contributed by atoms with E-state index in [1.165, 1.54) is 18.2 Å². The molecule has 2 aromatic carbocycles. The number of aromatic nitrogens is 2. The molecule has 9 heteroatoms. The number of carbonyl (C=O) groups is 1. The lowest BCUT2D eigenvalue weighted by Gasteiger charge is -2.14. The minimum absolute atomic E-state index is 0.125. The molecule has 32 heavy (non-hydrogen) atoms. The summed E-state index contributed by atoms with van der Waals surface area (Å²) in [5, 5.41) is 7.24. The van der Waals surface area contributed by atoms with Gasteiger partial charge in [0.2, 0.25) is 15.9 Å². The lowest BCUT2D eigenvalue weighted by molar-refractivity contribution is -0.124. The molecule has 0 aliphatic heterocycles. The van der Waals surface area contributed by atoms with Crippen LogP contribution >= 0.6 is 0 Å². The topological polar surface area (TPSA) is 95.2 Å². The van der Waals surface area contributed by atoms with Crippen molar-refractivity contribution in [1.29, 1.82) is 0 Å². The van der Waals surface area contributed by atoms with Crippen LogP contribution in [0.4, 0.5) is 10.1 Å². The Labute approximate surface area is 187 Å². The molecule has 0 atom stereocenters. The van der Waals surface area contributed by atoms with Crippen molar-refractivity contribution in [3.05, 3.63) is 77.7 Å². The summed E-state index contributed by atoms with van der Waals surface area (Å²) in [5.41, 5.74) is 3.80. The van der Waals surface area contributed by atoms with Gasteiger partial charge >= 0.3 is 0 Å². The molecule has 0 saturated carbocycles. The van der Waals surface area contributed by atoms with Gasteiger partial charge in [0.05, 0.1) is 11.9 Å². The second kappa shape index (κ2) is 10.2. The molecule has 2 N–H and O–H groups in total. The highest BCUT2D eigenvalue weighted by Crippen LogP contribution is 2.18. The van der Waals surface area contributed by atoms with Gasteiger partial charge in [-0.3, -0.25) is 14.6 Å². The predicted octanol–water partition coefficient (Wildman–Crippen LogP) is 3.69. The van der Waals surface area contributed by atoms with Gasteiger partial charge < -0.3 is 4.90 Å². The SMILES string of the molecule is CN(CCCc1cc(-c2ccc(F)cc2)n[nH]1)C(=O)C=Cc1ccc(NS(C)(=O)=O)cc1. The molecule has 1 aromatic heterocycles. The van der Waals surface area contributed by atoms with Crippen LogP contribution in [0, 0.1) is 5.82 Å². The minimum atomic E-state index is -3.32. The lowest BCUT2D eigenvalue weighted by atomic mass is 10.1. The van der Waals surface area contributed by atoms with Gasteiger partial charge in [0.25, 0.3) is 0 Å². The first-order valence-electron chi connectivity index (χ1n) is 10.0. The number of nitrogens with one attached hydrogen (secondary N) is 2. The average Bonchev–Trinajstić information content (AvgIpc) is 3.21. The summed E-state index contributed by atoms with van der Waals surface area (Å²) in [6.45, 7) is 0.575. The second-order valence-electron chi connectivity index (χ2n) is 7.48. The zero-order valence-electron chi connectivity index (χ0n) is 17.9. The molecule has 0 aliphatic carbocycles. The number of hydrogen-bond donors (Lipinski definition) is 2. The molecule has 0 bridgehead atoms. The Morgan fingerprint density at radius 1 is 1.16 bits per heavy atom. The average molecular weight is 457 g/mol. The van der Waals surface area contributed by atoms with E-state index in [1.54, 1.807) is 54.4 Å². The minimum Gasteiger partial charge on any atom is -0.342 e. The van der Waals surface area contributed by atoms with Crippen molar-refractivity contribution >= 4 is 27.7 Å². The molecule has 0 aliphatic rings. The lowest BCUT2D eigenvalue weighted by Crippen LogP contribution is -2.26. The third-order valence-corrected chi connectivity index (χ3v) is 5.33. The molecule has 3 rings (SSSR count). The molecule has 0 spiro atoms. The monoisotopic (exact) mass is 456 g/mol. The Morgan fingerprint density at radius 3 is 2.50 bits per heavy atom. The first-order chi connectivity index (χ1) is 15.2. The fourth-order valence-corrected chi connectivity index (χ4v) is 3.61. The van der Waals surface area contributed by atoms with Gasteiger partial charge in [-0.25, -0.2) is 12.8 Å². The van der Waals surface area contributed by atoms with Gasteiger partial charge in [0.1, 0.15) is 5.82 Å². The quantitative estimate of drug-likeness (QED) is 0.480. The van der Waals surface area contributed by atoms with Crippen LogP contribution in [0.2, 0.25) is 0 Å². The molecule has 1 heterocycles. The summed E-state index contributed by atoms with van der Waals surface area (Å²) in [5.74, 6) is -0.410. The van der Waals surface area contributed by atoms with Crippen molar-refractivity contribution in [2.24, 2.45) is 0 Å². The number of anilines is 1. The standard InChI is InChI=1S/C23H25FN4O3S/c1-28(23(29)14-7-17-5-12-20(13-6-17)27-32(2,30)31)15-3-4-21-16-22(26-25-21)18-8-10-19(24)11-9-18/h5-14,16,27H,3-4,15H2,1-2H3,(H,25,26). The highest BCUT2D eigenvalue weighted by atomic mass is 32.2. The van der Waals surface area contributed by atoms with Crippen molar-refractivity contribution in [1.82, 2.24) is 15.1 Å². The molecular weight excluding hydrogens is 431 g/mol. The number of H-pyrrole nitrogens is 1. The number of sulfonamides is 1. The van der Waals surface area contributed by atoms with E-state index in [0.717, 1.165) is 41.6 Å². The third kappa shape index (κ3) is 7.05. The number of aryl methyl sites for hydroxylation is 1. The smallest absolute Gasteiger partial charge is 0.246 e. The summed E-state index contributed by atoms with van der Waals surface area (Å²) in [6.07, 6.45) is 5.75. The van der Waals surface area contributed by atoms with E-state index < -0.39 is 10.0 Å². The highest BCUT2D eigenvalue weighted by molar-refractivity contribution is 7.92.